The average molecular weight is 313 g/mol. The molecule has 106 valence electrons. The Balaban J connectivity index is 1.86. The molecule has 1 heterocycles. The monoisotopic (exact) mass is 312 g/mol. The minimum absolute atomic E-state index is 0.318. The van der Waals surface area contributed by atoms with Gasteiger partial charge in [0, 0.05) is 6.07 Å². The molecular formula is C14H14Cl2N2O2. The fourth-order valence-electron chi connectivity index (χ4n) is 1.50. The van der Waals surface area contributed by atoms with E-state index in [4.69, 9.17) is 32.7 Å². The molecule has 2 rings (SSSR count). The quantitative estimate of drug-likeness (QED) is 0.786. The van der Waals surface area contributed by atoms with E-state index in [0.29, 0.717) is 34.9 Å². The van der Waals surface area contributed by atoms with Crippen molar-refractivity contribution < 1.29 is 9.47 Å². The van der Waals surface area contributed by atoms with E-state index < -0.39 is 0 Å². The molecule has 2 aromatic rings. The van der Waals surface area contributed by atoms with Crippen LogP contribution >= 0.6 is 23.2 Å². The van der Waals surface area contributed by atoms with Crippen LogP contribution in [-0.2, 0) is 0 Å². The number of hydrogen-bond donors (Lipinski definition) is 0. The zero-order valence-electron chi connectivity index (χ0n) is 11.2. The molecule has 0 unspecified atom stereocenters. The molecule has 0 aliphatic carbocycles. The molecule has 0 fully saturated rings. The summed E-state index contributed by atoms with van der Waals surface area (Å²) in [5, 5.41) is 8.88. The highest BCUT2D eigenvalue weighted by Gasteiger charge is 2.06. The Morgan fingerprint density at radius 1 is 1.00 bits per heavy atom. The number of aromatic nitrogens is 2. The van der Waals surface area contributed by atoms with E-state index in [2.05, 4.69) is 10.2 Å². The van der Waals surface area contributed by atoms with Crippen LogP contribution in [0.4, 0.5) is 0 Å². The van der Waals surface area contributed by atoms with Crippen LogP contribution in [0.2, 0.25) is 10.0 Å². The zero-order chi connectivity index (χ0) is 14.5. The second kappa shape index (κ2) is 6.77. The van der Waals surface area contributed by atoms with Gasteiger partial charge in [0.05, 0.1) is 15.7 Å². The summed E-state index contributed by atoms with van der Waals surface area (Å²) in [5.74, 6) is 0.938. The lowest BCUT2D eigenvalue weighted by Crippen LogP contribution is -2.10. The maximum absolute atomic E-state index is 5.99. The van der Waals surface area contributed by atoms with Crippen LogP contribution in [0.5, 0.6) is 11.6 Å². The van der Waals surface area contributed by atoms with Crippen LogP contribution in [0.1, 0.15) is 11.3 Å². The Labute approximate surface area is 127 Å². The smallest absolute Gasteiger partial charge is 0.233 e. The van der Waals surface area contributed by atoms with Gasteiger partial charge in [-0.1, -0.05) is 29.3 Å². The summed E-state index contributed by atoms with van der Waals surface area (Å²) in [7, 11) is 0. The van der Waals surface area contributed by atoms with E-state index in [0.717, 1.165) is 11.3 Å². The van der Waals surface area contributed by atoms with Gasteiger partial charge in [-0.3, -0.25) is 0 Å². The highest BCUT2D eigenvalue weighted by molar-refractivity contribution is 6.37. The summed E-state index contributed by atoms with van der Waals surface area (Å²) in [5.41, 5.74) is 1.92. The molecule has 0 aliphatic rings. The van der Waals surface area contributed by atoms with Crippen molar-refractivity contribution in [3.05, 3.63) is 45.6 Å². The van der Waals surface area contributed by atoms with Crippen molar-refractivity contribution >= 4 is 23.2 Å². The molecule has 0 N–H and O–H groups in total. The predicted octanol–water partition coefficient (Wildman–Crippen LogP) is 3.86. The van der Waals surface area contributed by atoms with Gasteiger partial charge in [-0.2, -0.15) is 5.10 Å². The number of ether oxygens (including phenoxy) is 2. The summed E-state index contributed by atoms with van der Waals surface area (Å²) in [6.07, 6.45) is 0. The van der Waals surface area contributed by atoms with Gasteiger partial charge in [0.2, 0.25) is 5.88 Å². The Kier molecular flexibility index (Phi) is 5.04. The molecule has 1 aromatic carbocycles. The number of halogens is 2. The first kappa shape index (κ1) is 14.9. The third-order valence-electron chi connectivity index (χ3n) is 2.71. The van der Waals surface area contributed by atoms with Crippen molar-refractivity contribution in [2.75, 3.05) is 13.2 Å². The van der Waals surface area contributed by atoms with Crippen molar-refractivity contribution in [1.29, 1.82) is 0 Å². The van der Waals surface area contributed by atoms with Gasteiger partial charge < -0.3 is 9.47 Å². The van der Waals surface area contributed by atoms with E-state index in [-0.39, 0.29) is 0 Å². The first-order valence-electron chi connectivity index (χ1n) is 6.08. The van der Waals surface area contributed by atoms with E-state index in [1.807, 2.05) is 19.9 Å². The van der Waals surface area contributed by atoms with Gasteiger partial charge in [-0.25, -0.2) is 0 Å². The van der Waals surface area contributed by atoms with Gasteiger partial charge in [0.1, 0.15) is 13.2 Å². The molecule has 4 nitrogen and oxygen atoms in total. The molecule has 0 amide bonds. The third kappa shape index (κ3) is 3.74. The Hall–Kier alpha value is -1.52. The normalized spacial score (nSPS) is 10.4. The van der Waals surface area contributed by atoms with Crippen molar-refractivity contribution in [2.24, 2.45) is 0 Å². The van der Waals surface area contributed by atoms with Crippen LogP contribution < -0.4 is 9.47 Å². The highest BCUT2D eigenvalue weighted by atomic mass is 35.5. The molecule has 1 aromatic heterocycles. The van der Waals surface area contributed by atoms with Crippen LogP contribution in [0, 0.1) is 13.8 Å². The molecule has 20 heavy (non-hydrogen) atoms. The lowest BCUT2D eigenvalue weighted by atomic mass is 10.2. The number of para-hydroxylation sites is 1. The topological polar surface area (TPSA) is 44.2 Å². The van der Waals surface area contributed by atoms with E-state index in [1.165, 1.54) is 0 Å². The largest absolute Gasteiger partial charge is 0.487 e. The Bertz CT molecular complexity index is 585. The summed E-state index contributed by atoms with van der Waals surface area (Å²) in [4.78, 5) is 0. The lowest BCUT2D eigenvalue weighted by molar-refractivity contribution is 0.210. The second-order valence-corrected chi connectivity index (χ2v) is 5.01. The van der Waals surface area contributed by atoms with Crippen molar-refractivity contribution in [3.8, 4) is 11.6 Å². The molecule has 6 heteroatoms. The van der Waals surface area contributed by atoms with Gasteiger partial charge in [0.25, 0.3) is 0 Å². The molecule has 0 saturated heterocycles. The molecule has 0 atom stereocenters. The molecular weight excluding hydrogens is 299 g/mol. The fraction of sp³-hybridized carbons (Fsp3) is 0.286. The van der Waals surface area contributed by atoms with Crippen LogP contribution in [-0.4, -0.2) is 23.4 Å². The van der Waals surface area contributed by atoms with Gasteiger partial charge in [0.15, 0.2) is 5.75 Å². The van der Waals surface area contributed by atoms with Gasteiger partial charge in [-0.05, 0) is 31.5 Å². The number of hydrogen-bond acceptors (Lipinski definition) is 4. The minimum atomic E-state index is 0.318. The van der Waals surface area contributed by atoms with E-state index >= 15 is 0 Å². The maximum atomic E-state index is 5.99. The summed E-state index contributed by atoms with van der Waals surface area (Å²) >= 11 is 12.0. The predicted molar refractivity (Wildman–Crippen MR) is 79.0 cm³/mol. The summed E-state index contributed by atoms with van der Waals surface area (Å²) in [6.45, 7) is 4.50. The second-order valence-electron chi connectivity index (χ2n) is 4.20. The first-order valence-corrected chi connectivity index (χ1v) is 6.84. The van der Waals surface area contributed by atoms with Crippen molar-refractivity contribution in [2.45, 2.75) is 13.8 Å². The molecule has 0 aliphatic heterocycles. The van der Waals surface area contributed by atoms with Crippen LogP contribution in [0.25, 0.3) is 0 Å². The van der Waals surface area contributed by atoms with Crippen LogP contribution in [0.15, 0.2) is 24.3 Å². The lowest BCUT2D eigenvalue weighted by Gasteiger charge is -2.10. The fourth-order valence-corrected chi connectivity index (χ4v) is 2.01. The standard InChI is InChI=1S/C14H14Cl2N2O2/c1-9-8-13(18-17-10(9)2)19-6-7-20-14-11(15)4-3-5-12(14)16/h3-5,8H,6-7H2,1-2H3. The van der Waals surface area contributed by atoms with Gasteiger partial charge >= 0.3 is 0 Å². The molecule has 0 saturated carbocycles. The summed E-state index contributed by atoms with van der Waals surface area (Å²) < 4.78 is 11.0. The number of rotatable bonds is 5. The number of benzene rings is 1. The Morgan fingerprint density at radius 3 is 2.30 bits per heavy atom. The van der Waals surface area contributed by atoms with Crippen molar-refractivity contribution in [1.82, 2.24) is 10.2 Å². The highest BCUT2D eigenvalue weighted by Crippen LogP contribution is 2.32. The Morgan fingerprint density at radius 2 is 1.65 bits per heavy atom. The third-order valence-corrected chi connectivity index (χ3v) is 3.30. The SMILES string of the molecule is Cc1cc(OCCOc2c(Cl)cccc2Cl)nnc1C. The summed E-state index contributed by atoms with van der Waals surface area (Å²) in [6, 6.07) is 7.04. The zero-order valence-corrected chi connectivity index (χ0v) is 12.7. The number of nitrogens with zero attached hydrogens (tertiary/aromatic N) is 2. The first-order chi connectivity index (χ1) is 9.58. The molecule has 0 spiro atoms. The van der Waals surface area contributed by atoms with E-state index in [9.17, 15) is 0 Å². The van der Waals surface area contributed by atoms with E-state index in [1.54, 1.807) is 18.2 Å². The van der Waals surface area contributed by atoms with Gasteiger partial charge in [-0.15, -0.1) is 5.10 Å². The molecule has 0 radical (unpaired) electrons. The average Bonchev–Trinajstić information content (AvgIpc) is 2.41. The van der Waals surface area contributed by atoms with Crippen molar-refractivity contribution in [3.63, 3.8) is 0 Å². The maximum Gasteiger partial charge on any atom is 0.233 e. The number of aryl methyl sites for hydroxylation is 2. The van der Waals surface area contributed by atoms with Crippen LogP contribution in [0.3, 0.4) is 0 Å². The molecule has 0 bridgehead atoms. The minimum Gasteiger partial charge on any atom is -0.487 e.